The summed E-state index contributed by atoms with van der Waals surface area (Å²) in [7, 11) is 0. The molecule has 1 heterocycles. The lowest BCUT2D eigenvalue weighted by Crippen LogP contribution is -2.28. The van der Waals surface area contributed by atoms with Crippen LogP contribution < -0.4 is 16.8 Å². The van der Waals surface area contributed by atoms with Crippen LogP contribution in [0.1, 0.15) is 40.2 Å². The molecule has 6 N–H and O–H groups in total. The molecule has 6 nitrogen and oxygen atoms in total. The number of rotatable bonds is 5. The van der Waals surface area contributed by atoms with Gasteiger partial charge in [-0.2, -0.15) is 4.99 Å². The van der Waals surface area contributed by atoms with E-state index >= 15 is 0 Å². The van der Waals surface area contributed by atoms with E-state index in [2.05, 4.69) is 42.6 Å². The van der Waals surface area contributed by atoms with Crippen molar-refractivity contribution < 1.29 is 5.11 Å². The summed E-state index contributed by atoms with van der Waals surface area (Å²) in [6.45, 7) is 14.5. The molecule has 0 aliphatic carbocycles. The van der Waals surface area contributed by atoms with Gasteiger partial charge in [0.25, 0.3) is 0 Å². The first-order valence-corrected chi connectivity index (χ1v) is 8.46. The summed E-state index contributed by atoms with van der Waals surface area (Å²) in [6.07, 6.45) is 1.33. The molecule has 25 heavy (non-hydrogen) atoms. The lowest BCUT2D eigenvalue weighted by atomic mass is 10.0. The number of benzene rings is 1. The summed E-state index contributed by atoms with van der Waals surface area (Å²) in [4.78, 5) is 8.11. The molecule has 0 amide bonds. The fraction of sp³-hybridized carbons (Fsp3) is 0.368. The second-order valence-electron chi connectivity index (χ2n) is 5.92. The van der Waals surface area contributed by atoms with Crippen LogP contribution in [0.15, 0.2) is 36.0 Å². The number of nitrogens with zero attached hydrogens (tertiary/aromatic N) is 2. The zero-order valence-electron chi connectivity index (χ0n) is 15.7. The van der Waals surface area contributed by atoms with Crippen LogP contribution in [0.3, 0.4) is 0 Å². The summed E-state index contributed by atoms with van der Waals surface area (Å²) in [5.41, 5.74) is 12.6. The largest absolute Gasteiger partial charge is 0.506 e. The predicted octanol–water partition coefficient (Wildman–Crippen LogP) is 3.48. The van der Waals surface area contributed by atoms with Crippen molar-refractivity contribution in [2.24, 2.45) is 22.4 Å². The summed E-state index contributed by atoms with van der Waals surface area (Å²) < 4.78 is 0. The molecule has 0 bridgehead atoms. The Kier molecular flexibility index (Phi) is 7.23. The van der Waals surface area contributed by atoms with Crippen molar-refractivity contribution in [2.45, 2.75) is 40.7 Å². The van der Waals surface area contributed by atoms with Crippen molar-refractivity contribution in [3.05, 3.63) is 36.5 Å². The van der Waals surface area contributed by atoms with Gasteiger partial charge in [-0.05, 0) is 30.5 Å². The third-order valence-electron chi connectivity index (χ3n) is 3.83. The number of nitrogens with one attached hydrogen (secondary N) is 1. The third-order valence-corrected chi connectivity index (χ3v) is 3.83. The number of pyridine rings is 1. The molecule has 0 aliphatic rings. The van der Waals surface area contributed by atoms with Gasteiger partial charge in [0.2, 0.25) is 0 Å². The lowest BCUT2D eigenvalue weighted by Gasteiger charge is -2.21. The maximum atomic E-state index is 9.97. The summed E-state index contributed by atoms with van der Waals surface area (Å²) >= 11 is 0. The average molecular weight is 343 g/mol. The molecule has 2 aromatic rings. The summed E-state index contributed by atoms with van der Waals surface area (Å²) in [6, 6.07) is 5.86. The van der Waals surface area contributed by atoms with Crippen LogP contribution in [-0.4, -0.2) is 22.1 Å². The van der Waals surface area contributed by atoms with E-state index in [1.165, 1.54) is 6.20 Å². The van der Waals surface area contributed by atoms with Crippen molar-refractivity contribution in [1.82, 2.24) is 10.3 Å². The van der Waals surface area contributed by atoms with Crippen molar-refractivity contribution in [3.63, 3.8) is 0 Å². The molecule has 1 atom stereocenters. The summed E-state index contributed by atoms with van der Waals surface area (Å²) in [5.74, 6) is 0.843. The Labute approximate surface area is 149 Å². The van der Waals surface area contributed by atoms with Crippen LogP contribution in [0, 0.1) is 5.92 Å². The Balaban J connectivity index is 0.00000151. The molecule has 0 spiro atoms. The molecule has 1 unspecified atom stereocenters. The van der Waals surface area contributed by atoms with Crippen molar-refractivity contribution in [3.8, 4) is 5.75 Å². The minimum Gasteiger partial charge on any atom is -0.506 e. The second-order valence-corrected chi connectivity index (χ2v) is 5.92. The molecule has 136 valence electrons. The average Bonchev–Trinajstić information content (AvgIpc) is 2.58. The van der Waals surface area contributed by atoms with Crippen LogP contribution >= 0.6 is 0 Å². The Bertz CT molecular complexity index is 764. The fourth-order valence-electron chi connectivity index (χ4n) is 2.14. The molecule has 6 heteroatoms. The van der Waals surface area contributed by atoms with Gasteiger partial charge in [0.05, 0.1) is 6.20 Å². The molecule has 1 aromatic carbocycles. The maximum absolute atomic E-state index is 9.97. The summed E-state index contributed by atoms with van der Waals surface area (Å²) in [5, 5.41) is 14.6. The Hall–Kier alpha value is -2.76. The minimum absolute atomic E-state index is 0.0789. The first-order valence-electron chi connectivity index (χ1n) is 8.46. The molecular formula is C19H29N5O. The number of aromatic nitrogens is 1. The molecular weight excluding hydrogens is 314 g/mol. The zero-order chi connectivity index (χ0) is 19.1. The van der Waals surface area contributed by atoms with Crippen molar-refractivity contribution in [2.75, 3.05) is 0 Å². The third kappa shape index (κ3) is 5.11. The van der Waals surface area contributed by atoms with Gasteiger partial charge in [0.15, 0.2) is 11.8 Å². The van der Waals surface area contributed by atoms with Gasteiger partial charge in [0.1, 0.15) is 5.75 Å². The van der Waals surface area contributed by atoms with E-state index < -0.39 is 0 Å². The Morgan fingerprint density at radius 3 is 2.40 bits per heavy atom. The molecule has 2 rings (SSSR count). The van der Waals surface area contributed by atoms with E-state index in [4.69, 9.17) is 11.5 Å². The van der Waals surface area contributed by atoms with Gasteiger partial charge in [0, 0.05) is 22.5 Å². The number of hydrogen-bond donors (Lipinski definition) is 4. The van der Waals surface area contributed by atoms with Crippen LogP contribution in [0.5, 0.6) is 5.75 Å². The molecule has 0 saturated carbocycles. The van der Waals surface area contributed by atoms with E-state index in [1.54, 1.807) is 6.07 Å². The number of fused-ring (bicyclic) bond motifs is 1. The number of nitrogens with two attached hydrogens (primary N) is 2. The number of aromatic hydroxyl groups is 1. The monoisotopic (exact) mass is 343 g/mol. The van der Waals surface area contributed by atoms with E-state index in [0.717, 1.165) is 11.3 Å². The SMILES string of the molecule is C=C(NC(C)C(C)C)c1ccc2c(O)cnc(N=C(N)N)c2c1.CC. The quantitative estimate of drug-likeness (QED) is 0.491. The number of hydrogen-bond acceptors (Lipinski definition) is 4. The molecule has 0 saturated heterocycles. The molecule has 0 fully saturated rings. The lowest BCUT2D eigenvalue weighted by molar-refractivity contribution is 0.479. The maximum Gasteiger partial charge on any atom is 0.192 e. The number of aliphatic imine (C=N–C) groups is 1. The molecule has 0 radical (unpaired) electrons. The van der Waals surface area contributed by atoms with Gasteiger partial charge in [-0.3, -0.25) is 0 Å². The van der Waals surface area contributed by atoms with Gasteiger partial charge in [-0.15, -0.1) is 0 Å². The predicted molar refractivity (Wildman–Crippen MR) is 107 cm³/mol. The van der Waals surface area contributed by atoms with Crippen molar-refractivity contribution >= 4 is 28.2 Å². The van der Waals surface area contributed by atoms with Crippen LogP contribution in [0.25, 0.3) is 16.5 Å². The van der Waals surface area contributed by atoms with Gasteiger partial charge < -0.3 is 21.9 Å². The van der Waals surface area contributed by atoms with Crippen LogP contribution in [-0.2, 0) is 0 Å². The minimum atomic E-state index is -0.0831. The fourth-order valence-corrected chi connectivity index (χ4v) is 2.14. The van der Waals surface area contributed by atoms with E-state index in [1.807, 2.05) is 26.0 Å². The van der Waals surface area contributed by atoms with E-state index in [0.29, 0.717) is 22.5 Å². The smallest absolute Gasteiger partial charge is 0.192 e. The Morgan fingerprint density at radius 2 is 1.84 bits per heavy atom. The van der Waals surface area contributed by atoms with Crippen LogP contribution in [0.4, 0.5) is 5.82 Å². The van der Waals surface area contributed by atoms with Gasteiger partial charge >= 0.3 is 0 Å². The second kappa shape index (κ2) is 8.92. The van der Waals surface area contributed by atoms with Gasteiger partial charge in [-0.25, -0.2) is 4.98 Å². The molecule has 1 aromatic heterocycles. The highest BCUT2D eigenvalue weighted by Crippen LogP contribution is 2.32. The van der Waals surface area contributed by atoms with Crippen molar-refractivity contribution in [1.29, 1.82) is 0 Å². The standard InChI is InChI=1S/C17H23N5O.C2H6/c1-9(2)10(3)21-11(4)12-5-6-13-14(7-12)16(22-17(18)19)20-8-15(13)23;1-2/h5-10,21,23H,4H2,1-3H3,(H4,18,19,20,22);1-2H3. The first kappa shape index (κ1) is 20.3. The molecule has 0 aliphatic heterocycles. The highest BCUT2D eigenvalue weighted by atomic mass is 16.3. The van der Waals surface area contributed by atoms with E-state index in [-0.39, 0.29) is 17.8 Å². The Morgan fingerprint density at radius 1 is 1.20 bits per heavy atom. The van der Waals surface area contributed by atoms with Gasteiger partial charge in [-0.1, -0.05) is 40.3 Å². The topological polar surface area (TPSA) is 110 Å². The zero-order valence-corrected chi connectivity index (χ0v) is 15.7. The first-order chi connectivity index (χ1) is 11.8. The highest BCUT2D eigenvalue weighted by molar-refractivity contribution is 5.98. The normalized spacial score (nSPS) is 11.4. The highest BCUT2D eigenvalue weighted by Gasteiger charge is 2.12. The number of guanidine groups is 1. The van der Waals surface area contributed by atoms with Crippen LogP contribution in [0.2, 0.25) is 0 Å². The van der Waals surface area contributed by atoms with E-state index in [9.17, 15) is 5.11 Å².